The molecular formula is C18H24N2O2. The number of anilines is 1. The number of para-hydroxylation sites is 1. The molecule has 1 aliphatic heterocycles. The highest BCUT2D eigenvalue weighted by Crippen LogP contribution is 2.30. The Bertz CT molecular complexity index is 583. The minimum Gasteiger partial charge on any atom is -0.467 e. The highest BCUT2D eigenvalue weighted by Gasteiger charge is 2.21. The molecule has 4 nitrogen and oxygen atoms in total. The predicted molar refractivity (Wildman–Crippen MR) is 87.8 cm³/mol. The average Bonchev–Trinajstić information content (AvgIpc) is 2.98. The molecule has 0 amide bonds. The molecule has 1 aliphatic rings. The first-order valence-corrected chi connectivity index (χ1v) is 8.04. The Kier molecular flexibility index (Phi) is 4.80. The first-order valence-electron chi connectivity index (χ1n) is 8.04. The Morgan fingerprint density at radius 1 is 1.32 bits per heavy atom. The summed E-state index contributed by atoms with van der Waals surface area (Å²) in [4.78, 5) is 0. The second-order valence-electron chi connectivity index (χ2n) is 6.04. The van der Waals surface area contributed by atoms with Gasteiger partial charge in [0.15, 0.2) is 0 Å². The zero-order valence-electron chi connectivity index (χ0n) is 13.0. The van der Waals surface area contributed by atoms with Crippen LogP contribution in [0.4, 0.5) is 5.69 Å². The van der Waals surface area contributed by atoms with E-state index in [9.17, 15) is 5.11 Å². The van der Waals surface area contributed by atoms with E-state index >= 15 is 0 Å². The zero-order chi connectivity index (χ0) is 15.4. The predicted octanol–water partition coefficient (Wildman–Crippen LogP) is 3.63. The maximum absolute atomic E-state index is 10.2. The van der Waals surface area contributed by atoms with Crippen LogP contribution >= 0.6 is 0 Å². The fourth-order valence-electron chi connectivity index (χ4n) is 3.16. The van der Waals surface area contributed by atoms with Gasteiger partial charge in [-0.05, 0) is 49.9 Å². The molecule has 3 N–H and O–H groups in total. The van der Waals surface area contributed by atoms with Crippen LogP contribution in [0.1, 0.15) is 49.7 Å². The third kappa shape index (κ3) is 3.51. The number of furan rings is 1. The minimum atomic E-state index is -0.559. The average molecular weight is 300 g/mol. The Balaban J connectivity index is 1.65. The zero-order valence-corrected chi connectivity index (χ0v) is 13.0. The van der Waals surface area contributed by atoms with Gasteiger partial charge in [0.2, 0.25) is 0 Å². The van der Waals surface area contributed by atoms with Gasteiger partial charge in [0.05, 0.1) is 6.26 Å². The summed E-state index contributed by atoms with van der Waals surface area (Å²) in [5.74, 6) is 0.636. The molecule has 0 radical (unpaired) electrons. The SMILES string of the molecule is CC(CC(O)c1ccco1)NC1CCCNc2ccccc21. The molecule has 0 bridgehead atoms. The van der Waals surface area contributed by atoms with Crippen molar-refractivity contribution in [1.82, 2.24) is 5.32 Å². The molecule has 3 atom stereocenters. The minimum absolute atomic E-state index is 0.205. The summed E-state index contributed by atoms with van der Waals surface area (Å²) >= 11 is 0. The van der Waals surface area contributed by atoms with E-state index in [1.165, 1.54) is 11.3 Å². The van der Waals surface area contributed by atoms with E-state index in [0.29, 0.717) is 18.2 Å². The van der Waals surface area contributed by atoms with Crippen LogP contribution in [0.25, 0.3) is 0 Å². The number of hydrogen-bond acceptors (Lipinski definition) is 4. The van der Waals surface area contributed by atoms with E-state index < -0.39 is 6.10 Å². The lowest BCUT2D eigenvalue weighted by atomic mass is 9.99. The summed E-state index contributed by atoms with van der Waals surface area (Å²) in [6.45, 7) is 3.13. The van der Waals surface area contributed by atoms with Crippen molar-refractivity contribution in [3.63, 3.8) is 0 Å². The molecule has 0 fully saturated rings. The van der Waals surface area contributed by atoms with Crippen LogP contribution in [-0.2, 0) is 0 Å². The van der Waals surface area contributed by atoms with E-state index in [4.69, 9.17) is 4.42 Å². The monoisotopic (exact) mass is 300 g/mol. The molecule has 0 spiro atoms. The molecule has 22 heavy (non-hydrogen) atoms. The molecule has 1 aromatic carbocycles. The number of fused-ring (bicyclic) bond motifs is 1. The molecule has 3 unspecified atom stereocenters. The summed E-state index contributed by atoms with van der Waals surface area (Å²) in [6.07, 6.45) is 3.92. The Morgan fingerprint density at radius 2 is 2.18 bits per heavy atom. The maximum Gasteiger partial charge on any atom is 0.132 e. The summed E-state index contributed by atoms with van der Waals surface area (Å²) in [7, 11) is 0. The van der Waals surface area contributed by atoms with Crippen molar-refractivity contribution in [3.05, 3.63) is 54.0 Å². The number of nitrogens with one attached hydrogen (secondary N) is 2. The molecule has 1 aromatic heterocycles. The Labute approximate surface area is 131 Å². The summed E-state index contributed by atoms with van der Waals surface area (Å²) < 4.78 is 5.27. The smallest absolute Gasteiger partial charge is 0.132 e. The van der Waals surface area contributed by atoms with Crippen LogP contribution in [-0.4, -0.2) is 17.7 Å². The second-order valence-corrected chi connectivity index (χ2v) is 6.04. The first kappa shape index (κ1) is 15.1. The van der Waals surface area contributed by atoms with E-state index in [2.05, 4.69) is 41.8 Å². The van der Waals surface area contributed by atoms with Crippen LogP contribution < -0.4 is 10.6 Å². The molecule has 2 aromatic rings. The van der Waals surface area contributed by atoms with E-state index in [1.807, 2.05) is 12.1 Å². The van der Waals surface area contributed by atoms with Gasteiger partial charge in [-0.2, -0.15) is 0 Å². The van der Waals surface area contributed by atoms with E-state index in [1.54, 1.807) is 6.26 Å². The fourth-order valence-corrected chi connectivity index (χ4v) is 3.16. The number of hydrogen-bond donors (Lipinski definition) is 3. The summed E-state index contributed by atoms with van der Waals surface area (Å²) in [6, 6.07) is 12.6. The largest absolute Gasteiger partial charge is 0.467 e. The molecular weight excluding hydrogens is 276 g/mol. The lowest BCUT2D eigenvalue weighted by Crippen LogP contribution is -2.31. The summed E-state index contributed by atoms with van der Waals surface area (Å²) in [5, 5.41) is 17.4. The normalized spacial score (nSPS) is 20.5. The molecule has 0 saturated heterocycles. The standard InChI is InChI=1S/C18H24N2O2/c1-13(12-17(21)18-9-5-11-22-18)20-16-8-4-10-19-15-7-3-2-6-14(15)16/h2-3,5-7,9,11,13,16-17,19-21H,4,8,10,12H2,1H3. The molecule has 118 valence electrons. The van der Waals surface area contributed by atoms with Crippen molar-refractivity contribution in [2.75, 3.05) is 11.9 Å². The van der Waals surface area contributed by atoms with Crippen LogP contribution in [0.5, 0.6) is 0 Å². The third-order valence-corrected chi connectivity index (χ3v) is 4.26. The molecule has 0 saturated carbocycles. The lowest BCUT2D eigenvalue weighted by Gasteiger charge is -2.25. The van der Waals surface area contributed by atoms with Crippen LogP contribution in [0.2, 0.25) is 0 Å². The Morgan fingerprint density at radius 3 is 3.00 bits per heavy atom. The first-order chi connectivity index (χ1) is 10.7. The lowest BCUT2D eigenvalue weighted by molar-refractivity contribution is 0.126. The van der Waals surface area contributed by atoms with Crippen molar-refractivity contribution in [1.29, 1.82) is 0 Å². The highest BCUT2D eigenvalue weighted by atomic mass is 16.4. The van der Waals surface area contributed by atoms with Gasteiger partial charge in [0.1, 0.15) is 11.9 Å². The van der Waals surface area contributed by atoms with Gasteiger partial charge < -0.3 is 20.2 Å². The quantitative estimate of drug-likeness (QED) is 0.789. The van der Waals surface area contributed by atoms with Gasteiger partial charge in [0, 0.05) is 24.3 Å². The van der Waals surface area contributed by atoms with Gasteiger partial charge in [-0.25, -0.2) is 0 Å². The van der Waals surface area contributed by atoms with Crippen molar-refractivity contribution >= 4 is 5.69 Å². The number of aliphatic hydroxyl groups excluding tert-OH is 1. The van der Waals surface area contributed by atoms with Crippen LogP contribution in [0, 0.1) is 0 Å². The highest BCUT2D eigenvalue weighted by molar-refractivity contribution is 5.53. The fraction of sp³-hybridized carbons (Fsp3) is 0.444. The van der Waals surface area contributed by atoms with Crippen molar-refractivity contribution < 1.29 is 9.52 Å². The molecule has 2 heterocycles. The number of aliphatic hydroxyl groups is 1. The van der Waals surface area contributed by atoms with E-state index in [0.717, 1.165) is 19.4 Å². The Hall–Kier alpha value is -1.78. The van der Waals surface area contributed by atoms with Gasteiger partial charge in [-0.15, -0.1) is 0 Å². The third-order valence-electron chi connectivity index (χ3n) is 4.26. The molecule has 4 heteroatoms. The topological polar surface area (TPSA) is 57.4 Å². The van der Waals surface area contributed by atoms with Crippen molar-refractivity contribution in [2.24, 2.45) is 0 Å². The van der Waals surface area contributed by atoms with Crippen LogP contribution in [0.15, 0.2) is 47.1 Å². The second kappa shape index (κ2) is 6.99. The van der Waals surface area contributed by atoms with Crippen molar-refractivity contribution in [2.45, 2.75) is 44.4 Å². The molecule has 3 rings (SSSR count). The van der Waals surface area contributed by atoms with Gasteiger partial charge >= 0.3 is 0 Å². The van der Waals surface area contributed by atoms with Gasteiger partial charge in [-0.1, -0.05) is 18.2 Å². The van der Waals surface area contributed by atoms with Crippen LogP contribution in [0.3, 0.4) is 0 Å². The number of rotatable bonds is 5. The molecule has 0 aliphatic carbocycles. The summed E-state index contributed by atoms with van der Waals surface area (Å²) in [5.41, 5.74) is 2.54. The number of benzene rings is 1. The van der Waals surface area contributed by atoms with Gasteiger partial charge in [-0.3, -0.25) is 0 Å². The van der Waals surface area contributed by atoms with Crippen molar-refractivity contribution in [3.8, 4) is 0 Å². The van der Waals surface area contributed by atoms with Gasteiger partial charge in [0.25, 0.3) is 0 Å². The maximum atomic E-state index is 10.2. The van der Waals surface area contributed by atoms with E-state index in [-0.39, 0.29) is 6.04 Å².